The van der Waals surface area contributed by atoms with Crippen LogP contribution in [0.1, 0.15) is 39.0 Å². The second kappa shape index (κ2) is 3.19. The molecule has 3 nitrogen and oxygen atoms in total. The topological polar surface area (TPSA) is 38.3 Å². The standard InChI is InChI=1S/C15H21NO2/c1-9-3-4-11-5-12(9)14(11)7-15(18-8-14)6-10(2)13(17)16-15/h10-12H,1,3-8H2,2H3,(H,16,17)/t10-,11-,12-,14-,15+/m0/s1. The molecular weight excluding hydrogens is 226 g/mol. The normalized spacial score (nSPS) is 53.9. The van der Waals surface area contributed by atoms with Crippen LogP contribution < -0.4 is 5.32 Å². The summed E-state index contributed by atoms with van der Waals surface area (Å²) in [5.41, 5.74) is 1.40. The molecule has 0 aromatic heterocycles. The number of ether oxygens (including phenoxy) is 1. The highest BCUT2D eigenvalue weighted by atomic mass is 16.5. The molecule has 0 aromatic carbocycles. The summed E-state index contributed by atoms with van der Waals surface area (Å²) in [7, 11) is 0. The fourth-order valence-electron chi connectivity index (χ4n) is 4.98. The molecular formula is C15H21NO2. The van der Waals surface area contributed by atoms with E-state index < -0.39 is 0 Å². The lowest BCUT2D eigenvalue weighted by molar-refractivity contribution is -0.124. The highest BCUT2D eigenvalue weighted by molar-refractivity contribution is 5.81. The summed E-state index contributed by atoms with van der Waals surface area (Å²) in [6.45, 7) is 7.08. The van der Waals surface area contributed by atoms with E-state index >= 15 is 0 Å². The van der Waals surface area contributed by atoms with E-state index in [1.54, 1.807) is 0 Å². The maximum atomic E-state index is 11.8. The van der Waals surface area contributed by atoms with Gasteiger partial charge in [-0.2, -0.15) is 0 Å². The van der Waals surface area contributed by atoms with E-state index in [-0.39, 0.29) is 17.6 Å². The Hall–Kier alpha value is -0.830. The van der Waals surface area contributed by atoms with Gasteiger partial charge in [0, 0.05) is 24.2 Å². The summed E-state index contributed by atoms with van der Waals surface area (Å²) in [5.74, 6) is 1.72. The zero-order chi connectivity index (χ0) is 12.5. The van der Waals surface area contributed by atoms with Gasteiger partial charge in [-0.3, -0.25) is 4.79 Å². The van der Waals surface area contributed by atoms with Crippen molar-refractivity contribution in [2.24, 2.45) is 23.2 Å². The van der Waals surface area contributed by atoms with E-state index in [1.165, 1.54) is 24.8 Å². The molecule has 3 aliphatic carbocycles. The largest absolute Gasteiger partial charge is 0.355 e. The van der Waals surface area contributed by atoms with E-state index in [0.29, 0.717) is 11.3 Å². The number of nitrogens with one attached hydrogen (secondary N) is 1. The molecule has 5 aliphatic rings. The minimum atomic E-state index is -0.342. The van der Waals surface area contributed by atoms with Crippen LogP contribution in [0.4, 0.5) is 0 Å². The molecule has 2 heterocycles. The lowest BCUT2D eigenvalue weighted by Gasteiger charge is -2.58. The lowest BCUT2D eigenvalue weighted by Crippen LogP contribution is -2.54. The molecule has 2 aliphatic heterocycles. The van der Waals surface area contributed by atoms with Crippen molar-refractivity contribution in [3.8, 4) is 0 Å². The lowest BCUT2D eigenvalue weighted by atomic mass is 9.45. The van der Waals surface area contributed by atoms with Crippen molar-refractivity contribution in [2.45, 2.75) is 44.8 Å². The molecule has 5 fully saturated rings. The number of allylic oxidation sites excluding steroid dienone is 1. The van der Waals surface area contributed by atoms with Crippen LogP contribution in [-0.4, -0.2) is 18.2 Å². The molecule has 5 rings (SSSR count). The Morgan fingerprint density at radius 2 is 2.33 bits per heavy atom. The number of carbonyl (C=O) groups is 1. The third-order valence-electron chi connectivity index (χ3n) is 6.00. The molecule has 2 bridgehead atoms. The second-order valence-corrected chi connectivity index (χ2v) is 6.97. The van der Waals surface area contributed by atoms with Gasteiger partial charge in [0.25, 0.3) is 0 Å². The SMILES string of the molecule is C=C1CC[C@H]2C[C@@H]1[C@@]21CO[C@]2(C[C@H](C)C(=O)N2)C1. The monoisotopic (exact) mass is 247 g/mol. The third kappa shape index (κ3) is 1.16. The first-order chi connectivity index (χ1) is 8.55. The van der Waals surface area contributed by atoms with Crippen LogP contribution in [0.2, 0.25) is 0 Å². The van der Waals surface area contributed by atoms with Gasteiger partial charge in [0.2, 0.25) is 5.91 Å². The minimum Gasteiger partial charge on any atom is -0.355 e. The fraction of sp³-hybridized carbons (Fsp3) is 0.800. The van der Waals surface area contributed by atoms with Crippen molar-refractivity contribution < 1.29 is 9.53 Å². The molecule has 1 amide bonds. The second-order valence-electron chi connectivity index (χ2n) is 6.97. The number of amides is 1. The fourth-order valence-corrected chi connectivity index (χ4v) is 4.98. The molecule has 3 saturated carbocycles. The molecule has 3 heteroatoms. The average molecular weight is 247 g/mol. The van der Waals surface area contributed by atoms with Gasteiger partial charge in [0.1, 0.15) is 5.72 Å². The van der Waals surface area contributed by atoms with Gasteiger partial charge in [-0.25, -0.2) is 0 Å². The van der Waals surface area contributed by atoms with Crippen LogP contribution in [0.3, 0.4) is 0 Å². The maximum absolute atomic E-state index is 11.8. The van der Waals surface area contributed by atoms with Crippen molar-refractivity contribution in [3.63, 3.8) is 0 Å². The van der Waals surface area contributed by atoms with Gasteiger partial charge in [0.15, 0.2) is 0 Å². The van der Waals surface area contributed by atoms with Gasteiger partial charge in [-0.05, 0) is 31.1 Å². The van der Waals surface area contributed by atoms with E-state index in [9.17, 15) is 4.79 Å². The highest BCUT2D eigenvalue weighted by Gasteiger charge is 2.66. The van der Waals surface area contributed by atoms with E-state index in [1.807, 2.05) is 6.92 Å². The summed E-state index contributed by atoms with van der Waals surface area (Å²) >= 11 is 0. The molecule has 0 radical (unpaired) electrons. The van der Waals surface area contributed by atoms with E-state index in [0.717, 1.165) is 25.4 Å². The summed E-state index contributed by atoms with van der Waals surface area (Å²) in [6, 6.07) is 0. The third-order valence-corrected chi connectivity index (χ3v) is 6.00. The first-order valence-electron chi connectivity index (χ1n) is 7.18. The van der Waals surface area contributed by atoms with E-state index in [4.69, 9.17) is 4.74 Å². The maximum Gasteiger partial charge on any atom is 0.225 e. The number of hydrogen-bond donors (Lipinski definition) is 1. The van der Waals surface area contributed by atoms with Crippen molar-refractivity contribution in [1.29, 1.82) is 0 Å². The zero-order valence-corrected chi connectivity index (χ0v) is 11.0. The van der Waals surface area contributed by atoms with Crippen LogP contribution >= 0.6 is 0 Å². The predicted molar refractivity (Wildman–Crippen MR) is 67.6 cm³/mol. The van der Waals surface area contributed by atoms with Gasteiger partial charge >= 0.3 is 0 Å². The first-order valence-corrected chi connectivity index (χ1v) is 7.18. The molecule has 2 spiro atoms. The quantitative estimate of drug-likeness (QED) is 0.667. The Labute approximate surface area is 108 Å². The zero-order valence-electron chi connectivity index (χ0n) is 11.0. The van der Waals surface area contributed by atoms with Crippen LogP contribution in [0.5, 0.6) is 0 Å². The Morgan fingerprint density at radius 3 is 2.94 bits per heavy atom. The highest BCUT2D eigenvalue weighted by Crippen LogP contribution is 2.67. The van der Waals surface area contributed by atoms with Crippen molar-refractivity contribution in [1.82, 2.24) is 5.32 Å². The minimum absolute atomic E-state index is 0.100. The Morgan fingerprint density at radius 1 is 1.50 bits per heavy atom. The number of hydrogen-bond acceptors (Lipinski definition) is 2. The molecule has 98 valence electrons. The van der Waals surface area contributed by atoms with Crippen LogP contribution in [0.25, 0.3) is 0 Å². The first kappa shape index (κ1) is 11.0. The van der Waals surface area contributed by atoms with Gasteiger partial charge in [0.05, 0.1) is 6.61 Å². The van der Waals surface area contributed by atoms with Crippen molar-refractivity contribution in [3.05, 3.63) is 12.2 Å². The Kier molecular flexibility index (Phi) is 1.95. The Balaban J connectivity index is 1.61. The van der Waals surface area contributed by atoms with Crippen molar-refractivity contribution >= 4 is 5.91 Å². The van der Waals surface area contributed by atoms with Crippen LogP contribution in [0.15, 0.2) is 12.2 Å². The van der Waals surface area contributed by atoms with Crippen LogP contribution in [0, 0.1) is 23.2 Å². The molecule has 1 N–H and O–H groups in total. The summed E-state index contributed by atoms with van der Waals surface area (Å²) in [4.78, 5) is 11.8. The summed E-state index contributed by atoms with van der Waals surface area (Å²) in [6.07, 6.45) is 5.65. The molecule has 0 unspecified atom stereocenters. The number of rotatable bonds is 0. The van der Waals surface area contributed by atoms with Crippen LogP contribution in [-0.2, 0) is 9.53 Å². The van der Waals surface area contributed by atoms with Gasteiger partial charge in [-0.1, -0.05) is 19.1 Å². The van der Waals surface area contributed by atoms with Gasteiger partial charge in [-0.15, -0.1) is 0 Å². The number of carbonyl (C=O) groups excluding carboxylic acids is 1. The average Bonchev–Trinajstić information content (AvgIpc) is 2.82. The molecule has 0 aromatic rings. The molecule has 5 atom stereocenters. The molecule has 2 saturated heterocycles. The smallest absolute Gasteiger partial charge is 0.225 e. The van der Waals surface area contributed by atoms with E-state index in [2.05, 4.69) is 11.9 Å². The number of fused-ring (bicyclic) bond motifs is 2. The Bertz CT molecular complexity index is 444. The van der Waals surface area contributed by atoms with Gasteiger partial charge < -0.3 is 10.1 Å². The summed E-state index contributed by atoms with van der Waals surface area (Å²) in [5, 5.41) is 3.12. The van der Waals surface area contributed by atoms with Crippen molar-refractivity contribution in [2.75, 3.05) is 6.61 Å². The predicted octanol–water partition coefficient (Wildman–Crippen LogP) is 2.23. The summed E-state index contributed by atoms with van der Waals surface area (Å²) < 4.78 is 6.11. The molecule has 18 heavy (non-hydrogen) atoms.